The van der Waals surface area contributed by atoms with E-state index in [1.54, 1.807) is 57.4 Å². The summed E-state index contributed by atoms with van der Waals surface area (Å²) >= 11 is 1.56. The van der Waals surface area contributed by atoms with E-state index in [2.05, 4.69) is 16.0 Å². The summed E-state index contributed by atoms with van der Waals surface area (Å²) in [6.45, 7) is 3.22. The number of aliphatic hydroxyl groups is 1. The molecule has 8 rings (SSSR count). The van der Waals surface area contributed by atoms with E-state index in [4.69, 9.17) is 9.47 Å². The molecule has 4 amide bonds. The Morgan fingerprint density at radius 3 is 2.52 bits per heavy atom. The molecule has 60 heavy (non-hydrogen) atoms. The van der Waals surface area contributed by atoms with E-state index in [1.165, 1.54) is 0 Å². The van der Waals surface area contributed by atoms with Crippen LogP contribution in [0.25, 0.3) is 11.1 Å². The summed E-state index contributed by atoms with van der Waals surface area (Å²) in [6, 6.07) is 24.3. The number of sulfonamides is 1. The van der Waals surface area contributed by atoms with Crippen LogP contribution in [0.3, 0.4) is 0 Å². The number of imide groups is 1. The first kappa shape index (κ1) is 41.6. The number of hydrogen-bond acceptors (Lipinski definition) is 11. The first-order valence-corrected chi connectivity index (χ1v) is 22.5. The number of nitrogens with one attached hydrogen (secondary N) is 3. The maximum atomic E-state index is 14.0. The second-order valence-corrected chi connectivity index (χ2v) is 18.4. The predicted octanol–water partition coefficient (Wildman–Crippen LogP) is 4.73. The van der Waals surface area contributed by atoms with Gasteiger partial charge in [0.2, 0.25) is 27.7 Å². The fourth-order valence-electron chi connectivity index (χ4n) is 8.58. The lowest BCUT2D eigenvalue weighted by Crippen LogP contribution is -2.52. The molecule has 4 aliphatic rings. The fourth-order valence-corrected chi connectivity index (χ4v) is 11.2. The molecule has 0 saturated carbocycles. The van der Waals surface area contributed by atoms with Crippen LogP contribution in [0, 0.1) is 12.8 Å². The van der Waals surface area contributed by atoms with Crippen molar-refractivity contribution in [2.75, 3.05) is 56.0 Å². The number of fused-ring (bicyclic) bond motifs is 4. The number of anilines is 2. The Morgan fingerprint density at radius 1 is 0.933 bits per heavy atom. The van der Waals surface area contributed by atoms with Crippen LogP contribution in [-0.2, 0) is 40.4 Å². The summed E-state index contributed by atoms with van der Waals surface area (Å²) in [5.74, 6) is -0.776. The molecule has 16 heteroatoms. The highest BCUT2D eigenvalue weighted by molar-refractivity contribution is 7.99. The molecule has 0 radical (unpaired) electrons. The molecular weight excluding hydrogens is 807 g/mol. The Hall–Kier alpha value is -5.10. The van der Waals surface area contributed by atoms with Gasteiger partial charge in [-0.3, -0.25) is 24.5 Å². The number of aryl methyl sites for hydroxylation is 1. The molecular formula is C44H47N5O9S2. The molecule has 4 aliphatic heterocycles. The van der Waals surface area contributed by atoms with E-state index >= 15 is 0 Å². The Morgan fingerprint density at radius 2 is 1.72 bits per heavy atom. The van der Waals surface area contributed by atoms with E-state index in [0.29, 0.717) is 49.5 Å². The molecule has 0 spiro atoms. The van der Waals surface area contributed by atoms with Crippen LogP contribution < -0.4 is 16.0 Å². The lowest BCUT2D eigenvalue weighted by molar-refractivity contribution is -0.137. The van der Waals surface area contributed by atoms with Crippen LogP contribution in [0.5, 0.6) is 0 Å². The number of aliphatic hydroxyl groups excluding tert-OH is 1. The molecule has 2 saturated heterocycles. The monoisotopic (exact) mass is 853 g/mol. The molecule has 14 nitrogen and oxygen atoms in total. The molecule has 4 N–H and O–H groups in total. The highest BCUT2D eigenvalue weighted by Crippen LogP contribution is 2.49. The average molecular weight is 854 g/mol. The summed E-state index contributed by atoms with van der Waals surface area (Å²) in [4.78, 5) is 52.7. The minimum Gasteiger partial charge on any atom is -0.394 e. The van der Waals surface area contributed by atoms with Gasteiger partial charge in [0.05, 0.1) is 43.4 Å². The van der Waals surface area contributed by atoms with Crippen molar-refractivity contribution in [2.24, 2.45) is 5.92 Å². The van der Waals surface area contributed by atoms with Crippen molar-refractivity contribution >= 4 is 56.8 Å². The zero-order valence-corrected chi connectivity index (χ0v) is 34.7. The molecule has 4 atom stereocenters. The summed E-state index contributed by atoms with van der Waals surface area (Å²) in [5.41, 5.74) is 6.33. The second kappa shape index (κ2) is 17.9. The predicted molar refractivity (Wildman–Crippen MR) is 226 cm³/mol. The van der Waals surface area contributed by atoms with E-state index < -0.39 is 28.0 Å². The standard InChI is InChI=1S/C44H47N5O9S2/c1-27-8-11-31(12-9-27)60(55,56)49-17-16-33-37(25-50)46-36-13-10-29(23-34(36)42(33)49)28-4-2-5-30(22-28)45-41(52)26-58-19-18-57-20-21-59-39-7-3-6-32-35(39)24-48(44(32)54)38-14-15-40(51)47-43(38)53/h2-13,22-23,33,37-38,42,46,50H,14-21,24-26H2,1H3,(H,45,52)(H,47,51,53)/t33-,37+,38?,42-/m1/s1. The maximum Gasteiger partial charge on any atom is 0.255 e. The summed E-state index contributed by atoms with van der Waals surface area (Å²) in [6.07, 6.45) is 1.13. The number of hydrogen-bond donors (Lipinski definition) is 4. The van der Waals surface area contributed by atoms with Gasteiger partial charge < -0.3 is 30.1 Å². The molecule has 4 aromatic carbocycles. The van der Waals surface area contributed by atoms with E-state index in [-0.39, 0.29) is 67.4 Å². The van der Waals surface area contributed by atoms with Crippen LogP contribution in [0.2, 0.25) is 0 Å². The van der Waals surface area contributed by atoms with Crippen molar-refractivity contribution in [3.8, 4) is 11.1 Å². The van der Waals surface area contributed by atoms with Crippen molar-refractivity contribution in [2.45, 2.75) is 60.6 Å². The number of carbonyl (C=O) groups is 4. The topological polar surface area (TPSA) is 184 Å². The highest BCUT2D eigenvalue weighted by atomic mass is 32.2. The van der Waals surface area contributed by atoms with Crippen molar-refractivity contribution in [3.05, 3.63) is 107 Å². The fraction of sp³-hybridized carbons (Fsp3) is 0.364. The highest BCUT2D eigenvalue weighted by Gasteiger charge is 2.48. The van der Waals surface area contributed by atoms with Crippen LogP contribution in [0.15, 0.2) is 94.7 Å². The number of thioether (sulfide) groups is 1. The Labute approximate surface area is 353 Å². The largest absolute Gasteiger partial charge is 0.394 e. The van der Waals surface area contributed by atoms with E-state index in [0.717, 1.165) is 38.4 Å². The lowest BCUT2D eigenvalue weighted by atomic mass is 9.82. The van der Waals surface area contributed by atoms with Gasteiger partial charge in [-0.25, -0.2) is 8.42 Å². The quantitative estimate of drug-likeness (QED) is 0.0738. The molecule has 0 aromatic heterocycles. The molecule has 314 valence electrons. The number of piperidine rings is 1. The molecule has 1 unspecified atom stereocenters. The minimum atomic E-state index is -3.81. The zero-order chi connectivity index (χ0) is 42.0. The normalized spacial score (nSPS) is 21.2. The van der Waals surface area contributed by atoms with E-state index in [1.807, 2.05) is 55.5 Å². The Bertz CT molecular complexity index is 2410. The third-order valence-corrected chi connectivity index (χ3v) is 14.5. The first-order valence-electron chi connectivity index (χ1n) is 20.1. The maximum absolute atomic E-state index is 14.0. The van der Waals surface area contributed by atoms with Crippen molar-refractivity contribution in [1.29, 1.82) is 0 Å². The first-order chi connectivity index (χ1) is 29.0. The van der Waals surface area contributed by atoms with Gasteiger partial charge in [-0.2, -0.15) is 4.31 Å². The van der Waals surface area contributed by atoms with Crippen molar-refractivity contribution in [3.63, 3.8) is 0 Å². The summed E-state index contributed by atoms with van der Waals surface area (Å²) in [7, 11) is -3.81. The van der Waals surface area contributed by atoms with Crippen LogP contribution in [0.1, 0.15) is 52.4 Å². The smallest absolute Gasteiger partial charge is 0.255 e. The minimum absolute atomic E-state index is 0.113. The molecule has 0 aliphatic carbocycles. The van der Waals surface area contributed by atoms with Gasteiger partial charge in [-0.05, 0) is 90.6 Å². The van der Waals surface area contributed by atoms with Gasteiger partial charge in [0, 0.05) is 53.0 Å². The molecule has 4 aromatic rings. The number of ether oxygens (including phenoxy) is 2. The van der Waals surface area contributed by atoms with Crippen LogP contribution >= 0.6 is 11.8 Å². The molecule has 2 fully saturated rings. The average Bonchev–Trinajstić information content (AvgIpc) is 3.84. The van der Waals surface area contributed by atoms with Crippen LogP contribution in [0.4, 0.5) is 11.4 Å². The van der Waals surface area contributed by atoms with Gasteiger partial charge in [-0.1, -0.05) is 42.0 Å². The zero-order valence-electron chi connectivity index (χ0n) is 33.1. The lowest BCUT2D eigenvalue weighted by Gasteiger charge is -2.39. The Balaban J connectivity index is 0.814. The number of rotatable bonds is 15. The third-order valence-electron chi connectivity index (χ3n) is 11.6. The Kier molecular flexibility index (Phi) is 12.4. The summed E-state index contributed by atoms with van der Waals surface area (Å²) in [5, 5.41) is 18.9. The summed E-state index contributed by atoms with van der Waals surface area (Å²) < 4.78 is 40.8. The van der Waals surface area contributed by atoms with E-state index in [9.17, 15) is 32.7 Å². The number of benzene rings is 4. The van der Waals surface area contributed by atoms with Gasteiger partial charge in [-0.15, -0.1) is 11.8 Å². The number of amides is 4. The van der Waals surface area contributed by atoms with Crippen LogP contribution in [-0.4, -0.2) is 104 Å². The van der Waals surface area contributed by atoms with Crippen molar-refractivity contribution in [1.82, 2.24) is 14.5 Å². The molecule has 4 heterocycles. The second-order valence-electron chi connectivity index (χ2n) is 15.4. The third kappa shape index (κ3) is 8.58. The van der Waals surface area contributed by atoms with Gasteiger partial charge >= 0.3 is 0 Å². The SMILES string of the molecule is Cc1ccc(S(=O)(=O)N2CC[C@@H]3[C@H](CO)Nc4ccc(-c5cccc(NC(=O)COCCOCCSc6cccc7c6CN(C6CCC(=O)NC6=O)C7=O)c5)cc4[C@@H]32)cc1. The number of nitrogens with zero attached hydrogens (tertiary/aromatic N) is 2. The molecule has 0 bridgehead atoms. The number of carbonyl (C=O) groups excluding carboxylic acids is 4. The van der Waals surface area contributed by atoms with Gasteiger partial charge in [0.25, 0.3) is 5.91 Å². The van der Waals surface area contributed by atoms with Gasteiger partial charge in [0.15, 0.2) is 0 Å². The van der Waals surface area contributed by atoms with Crippen molar-refractivity contribution < 1.29 is 42.2 Å². The van der Waals surface area contributed by atoms with Gasteiger partial charge in [0.1, 0.15) is 12.6 Å².